The molecule has 0 saturated heterocycles. The first-order valence-corrected chi connectivity index (χ1v) is 6.01. The first-order chi connectivity index (χ1) is 9.20. The highest BCUT2D eigenvalue weighted by atomic mass is 19.1. The standard InChI is InChI=1S/C14H12FN3O/c1-2-18-13(10-6-5-9(19)8-11(10)15)17-12-4-3-7-16-14(12)18/h3-8,19H,2H2,1H3. The SMILES string of the molecule is CCn1c(-c2ccc(O)cc2F)nc2cccnc21. The number of hydrogen-bond donors (Lipinski definition) is 1. The van der Waals surface area contributed by atoms with Crippen LogP contribution in [-0.2, 0) is 6.54 Å². The van der Waals surface area contributed by atoms with E-state index in [1.807, 2.05) is 17.6 Å². The molecule has 0 unspecified atom stereocenters. The van der Waals surface area contributed by atoms with Crippen molar-refractivity contribution in [1.82, 2.24) is 14.5 Å². The zero-order valence-electron chi connectivity index (χ0n) is 10.3. The van der Waals surface area contributed by atoms with Gasteiger partial charge < -0.3 is 9.67 Å². The number of fused-ring (bicyclic) bond motifs is 1. The number of nitrogens with zero attached hydrogens (tertiary/aromatic N) is 3. The summed E-state index contributed by atoms with van der Waals surface area (Å²) in [7, 11) is 0. The normalized spacial score (nSPS) is 11.1. The van der Waals surface area contributed by atoms with Crippen molar-refractivity contribution in [2.45, 2.75) is 13.5 Å². The third-order valence-corrected chi connectivity index (χ3v) is 3.01. The number of imidazole rings is 1. The number of benzene rings is 1. The van der Waals surface area contributed by atoms with Crippen molar-refractivity contribution < 1.29 is 9.50 Å². The van der Waals surface area contributed by atoms with Gasteiger partial charge in [0, 0.05) is 18.8 Å². The molecule has 5 heteroatoms. The third-order valence-electron chi connectivity index (χ3n) is 3.01. The summed E-state index contributed by atoms with van der Waals surface area (Å²) >= 11 is 0. The van der Waals surface area contributed by atoms with Crippen LogP contribution in [0.25, 0.3) is 22.6 Å². The number of halogens is 1. The Hall–Kier alpha value is -2.43. The Bertz CT molecular complexity index is 752. The number of phenolic OH excluding ortho intramolecular Hbond substituents is 1. The molecule has 0 aliphatic carbocycles. The number of rotatable bonds is 2. The van der Waals surface area contributed by atoms with E-state index in [0.29, 0.717) is 17.9 Å². The molecule has 0 radical (unpaired) electrons. The first kappa shape index (κ1) is 11.6. The fraction of sp³-hybridized carbons (Fsp3) is 0.143. The van der Waals surface area contributed by atoms with Crippen molar-refractivity contribution in [2.75, 3.05) is 0 Å². The van der Waals surface area contributed by atoms with Crippen molar-refractivity contribution in [3.63, 3.8) is 0 Å². The third kappa shape index (κ3) is 1.83. The van der Waals surface area contributed by atoms with Crippen molar-refractivity contribution in [1.29, 1.82) is 0 Å². The Morgan fingerprint density at radius 3 is 2.89 bits per heavy atom. The van der Waals surface area contributed by atoms with Crippen LogP contribution in [0.4, 0.5) is 4.39 Å². The quantitative estimate of drug-likeness (QED) is 0.767. The van der Waals surface area contributed by atoms with Gasteiger partial charge in [-0.1, -0.05) is 0 Å². The van der Waals surface area contributed by atoms with Crippen molar-refractivity contribution in [3.05, 3.63) is 42.3 Å². The van der Waals surface area contributed by atoms with Gasteiger partial charge in [0.15, 0.2) is 5.65 Å². The van der Waals surface area contributed by atoms with Gasteiger partial charge >= 0.3 is 0 Å². The minimum Gasteiger partial charge on any atom is -0.508 e. The van der Waals surface area contributed by atoms with Gasteiger partial charge in [-0.05, 0) is 31.2 Å². The molecular formula is C14H12FN3O. The highest BCUT2D eigenvalue weighted by Gasteiger charge is 2.15. The maximum absolute atomic E-state index is 13.9. The van der Waals surface area contributed by atoms with Crippen molar-refractivity contribution in [2.24, 2.45) is 0 Å². The number of aromatic nitrogens is 3. The van der Waals surface area contributed by atoms with E-state index >= 15 is 0 Å². The summed E-state index contributed by atoms with van der Waals surface area (Å²) < 4.78 is 15.8. The van der Waals surface area contributed by atoms with E-state index in [9.17, 15) is 9.50 Å². The van der Waals surface area contributed by atoms with Crippen LogP contribution in [-0.4, -0.2) is 19.6 Å². The summed E-state index contributed by atoms with van der Waals surface area (Å²) in [5, 5.41) is 9.27. The van der Waals surface area contributed by atoms with E-state index in [1.54, 1.807) is 12.3 Å². The van der Waals surface area contributed by atoms with E-state index < -0.39 is 5.82 Å². The number of aromatic hydroxyl groups is 1. The van der Waals surface area contributed by atoms with Gasteiger partial charge in [-0.15, -0.1) is 0 Å². The molecule has 1 aromatic carbocycles. The minimum absolute atomic E-state index is 0.0986. The fourth-order valence-electron chi connectivity index (χ4n) is 2.15. The molecule has 0 spiro atoms. The Morgan fingerprint density at radius 1 is 1.32 bits per heavy atom. The molecule has 4 nitrogen and oxygen atoms in total. The van der Waals surface area contributed by atoms with E-state index in [4.69, 9.17) is 0 Å². The predicted octanol–water partition coefficient (Wildman–Crippen LogP) is 2.96. The lowest BCUT2D eigenvalue weighted by Crippen LogP contribution is -1.99. The fourth-order valence-corrected chi connectivity index (χ4v) is 2.15. The average molecular weight is 257 g/mol. The highest BCUT2D eigenvalue weighted by molar-refractivity contribution is 5.77. The molecule has 0 aliphatic heterocycles. The summed E-state index contributed by atoms with van der Waals surface area (Å²) in [4.78, 5) is 8.70. The molecule has 2 aromatic heterocycles. The molecule has 3 aromatic rings. The Kier molecular flexibility index (Phi) is 2.67. The van der Waals surface area contributed by atoms with Crippen LogP contribution < -0.4 is 0 Å². The van der Waals surface area contributed by atoms with Crippen LogP contribution in [0, 0.1) is 5.82 Å². The van der Waals surface area contributed by atoms with Gasteiger partial charge in [-0.2, -0.15) is 0 Å². The smallest absolute Gasteiger partial charge is 0.160 e. The molecule has 0 fully saturated rings. The molecule has 96 valence electrons. The topological polar surface area (TPSA) is 50.9 Å². The van der Waals surface area contributed by atoms with Crippen molar-refractivity contribution >= 4 is 11.2 Å². The zero-order valence-corrected chi connectivity index (χ0v) is 10.3. The van der Waals surface area contributed by atoms with E-state index in [-0.39, 0.29) is 5.75 Å². The van der Waals surface area contributed by atoms with Crippen LogP contribution in [0.5, 0.6) is 5.75 Å². The molecule has 19 heavy (non-hydrogen) atoms. The van der Waals surface area contributed by atoms with Gasteiger partial charge in [0.05, 0.1) is 5.56 Å². The monoisotopic (exact) mass is 257 g/mol. The Morgan fingerprint density at radius 2 is 2.16 bits per heavy atom. The van der Waals surface area contributed by atoms with Gasteiger partial charge in [0.25, 0.3) is 0 Å². The van der Waals surface area contributed by atoms with Crippen LogP contribution in [0.15, 0.2) is 36.5 Å². The lowest BCUT2D eigenvalue weighted by Gasteiger charge is -2.06. The maximum atomic E-state index is 13.9. The summed E-state index contributed by atoms with van der Waals surface area (Å²) in [6, 6.07) is 7.70. The van der Waals surface area contributed by atoms with Crippen molar-refractivity contribution in [3.8, 4) is 17.1 Å². The predicted molar refractivity (Wildman–Crippen MR) is 70.3 cm³/mol. The minimum atomic E-state index is -0.495. The second-order valence-corrected chi connectivity index (χ2v) is 4.19. The lowest BCUT2D eigenvalue weighted by molar-refractivity contribution is 0.469. The Labute approximate surface area is 109 Å². The van der Waals surface area contributed by atoms with Crippen LogP contribution in [0.2, 0.25) is 0 Å². The molecule has 1 N–H and O–H groups in total. The molecular weight excluding hydrogens is 245 g/mol. The van der Waals surface area contributed by atoms with Gasteiger partial charge in [-0.3, -0.25) is 0 Å². The average Bonchev–Trinajstić information content (AvgIpc) is 2.76. The molecule has 0 aliphatic rings. The largest absolute Gasteiger partial charge is 0.508 e. The molecule has 0 bridgehead atoms. The van der Waals surface area contributed by atoms with E-state index in [1.165, 1.54) is 12.1 Å². The number of phenols is 1. The highest BCUT2D eigenvalue weighted by Crippen LogP contribution is 2.27. The first-order valence-electron chi connectivity index (χ1n) is 6.01. The lowest BCUT2D eigenvalue weighted by atomic mass is 10.2. The van der Waals surface area contributed by atoms with E-state index in [2.05, 4.69) is 9.97 Å². The molecule has 0 atom stereocenters. The number of hydrogen-bond acceptors (Lipinski definition) is 3. The summed E-state index contributed by atoms with van der Waals surface area (Å²) in [6.07, 6.45) is 1.69. The van der Waals surface area contributed by atoms with Crippen LogP contribution in [0.1, 0.15) is 6.92 Å². The second kappa shape index (κ2) is 4.35. The molecule has 3 rings (SSSR count). The van der Waals surface area contributed by atoms with Gasteiger partial charge in [-0.25, -0.2) is 14.4 Å². The maximum Gasteiger partial charge on any atom is 0.160 e. The van der Waals surface area contributed by atoms with Gasteiger partial charge in [0.2, 0.25) is 0 Å². The second-order valence-electron chi connectivity index (χ2n) is 4.19. The van der Waals surface area contributed by atoms with Crippen LogP contribution >= 0.6 is 0 Å². The number of pyridine rings is 1. The summed E-state index contributed by atoms with van der Waals surface area (Å²) in [6.45, 7) is 2.60. The summed E-state index contributed by atoms with van der Waals surface area (Å²) in [5.74, 6) is -0.0720. The van der Waals surface area contributed by atoms with Crippen LogP contribution in [0.3, 0.4) is 0 Å². The molecule has 0 amide bonds. The molecule has 0 saturated carbocycles. The number of aryl methyl sites for hydroxylation is 1. The molecule has 2 heterocycles. The Balaban J connectivity index is 2.30. The zero-order chi connectivity index (χ0) is 13.4. The van der Waals surface area contributed by atoms with E-state index in [0.717, 1.165) is 17.2 Å². The van der Waals surface area contributed by atoms with Gasteiger partial charge in [0.1, 0.15) is 22.9 Å². The summed E-state index contributed by atoms with van der Waals surface area (Å²) in [5.41, 5.74) is 1.82.